The Balaban J connectivity index is 1.24. The molecule has 0 N–H and O–H groups in total. The minimum absolute atomic E-state index is 0.0496. The monoisotopic (exact) mass is 621 g/mol. The Labute approximate surface area is 275 Å². The largest absolute Gasteiger partial charge is 0.457 e. The molecule has 0 saturated heterocycles. The Morgan fingerprint density at radius 2 is 1.46 bits per heavy atom. The van der Waals surface area contributed by atoms with Crippen LogP contribution in [-0.4, -0.2) is 15.2 Å². The van der Waals surface area contributed by atoms with Crippen molar-refractivity contribution in [1.29, 1.82) is 0 Å². The van der Waals surface area contributed by atoms with Gasteiger partial charge in [-0.2, -0.15) is 5.10 Å². The van der Waals surface area contributed by atoms with Gasteiger partial charge in [-0.25, -0.2) is 0 Å². The molecule has 0 unspecified atom stereocenters. The van der Waals surface area contributed by atoms with Crippen molar-refractivity contribution in [2.24, 2.45) is 5.41 Å². The van der Waals surface area contributed by atoms with Gasteiger partial charge in [0.2, 0.25) is 0 Å². The molecular weight excluding hydrogens is 583 g/mol. The van der Waals surface area contributed by atoms with Crippen molar-refractivity contribution < 1.29 is 4.74 Å². The number of ether oxygens (including phenoxy) is 1. The molecule has 230 valence electrons. The normalized spacial score (nSPS) is 12.3. The average molecular weight is 622 g/mol. The number of thiophene rings is 1. The van der Waals surface area contributed by atoms with Gasteiger partial charge in [0.15, 0.2) is 0 Å². The Kier molecular flexibility index (Phi) is 7.40. The molecule has 0 bridgehead atoms. The number of fused-ring (bicyclic) bond motifs is 4. The molecule has 5 heteroatoms. The third-order valence-electron chi connectivity index (χ3n) is 8.42. The van der Waals surface area contributed by atoms with Gasteiger partial charge in [0.05, 0.1) is 16.1 Å². The van der Waals surface area contributed by atoms with Crippen molar-refractivity contribution in [3.05, 3.63) is 114 Å². The summed E-state index contributed by atoms with van der Waals surface area (Å²) in [5, 5.41) is 14.3. The molecule has 0 amide bonds. The fourth-order valence-corrected chi connectivity index (χ4v) is 7.46. The molecule has 3 heterocycles. The van der Waals surface area contributed by atoms with E-state index in [4.69, 9.17) is 9.84 Å². The van der Waals surface area contributed by atoms with Gasteiger partial charge in [0.25, 0.3) is 0 Å². The lowest BCUT2D eigenvalue weighted by Gasteiger charge is -2.19. The van der Waals surface area contributed by atoms with E-state index < -0.39 is 0 Å². The summed E-state index contributed by atoms with van der Waals surface area (Å²) in [6.07, 6.45) is 2.94. The third kappa shape index (κ3) is 6.00. The third-order valence-corrected chi connectivity index (χ3v) is 9.58. The van der Waals surface area contributed by atoms with E-state index in [-0.39, 0.29) is 10.8 Å². The zero-order chi connectivity index (χ0) is 32.2. The predicted octanol–water partition coefficient (Wildman–Crippen LogP) is 11.7. The molecule has 7 aromatic rings. The van der Waals surface area contributed by atoms with Crippen molar-refractivity contribution >= 4 is 42.3 Å². The van der Waals surface area contributed by atoms with Crippen LogP contribution >= 0.6 is 11.3 Å². The fraction of sp³-hybridized carbons (Fsp3) is 0.244. The van der Waals surface area contributed by atoms with Crippen molar-refractivity contribution in [1.82, 2.24) is 15.2 Å². The molecule has 0 aliphatic heterocycles. The van der Waals surface area contributed by atoms with Crippen molar-refractivity contribution in [2.75, 3.05) is 0 Å². The van der Waals surface area contributed by atoms with Crippen LogP contribution in [0, 0.1) is 12.3 Å². The number of rotatable bonds is 5. The summed E-state index contributed by atoms with van der Waals surface area (Å²) in [4.78, 5) is 4.65. The van der Waals surface area contributed by atoms with E-state index in [9.17, 15) is 0 Å². The van der Waals surface area contributed by atoms with Gasteiger partial charge in [-0.3, -0.25) is 4.98 Å². The van der Waals surface area contributed by atoms with Crippen molar-refractivity contribution in [3.8, 4) is 34.0 Å². The van der Waals surface area contributed by atoms with Gasteiger partial charge >= 0.3 is 0 Å². The van der Waals surface area contributed by atoms with Crippen LogP contribution in [0.15, 0.2) is 97.2 Å². The lowest BCUT2D eigenvalue weighted by atomic mass is 9.87. The summed E-state index contributed by atoms with van der Waals surface area (Å²) in [6.45, 7) is 15.6. The molecule has 0 saturated carbocycles. The molecule has 3 aromatic heterocycles. The summed E-state index contributed by atoms with van der Waals surface area (Å²) in [5.41, 5.74) is 7.68. The van der Waals surface area contributed by atoms with Gasteiger partial charge in [-0.1, -0.05) is 84.0 Å². The van der Waals surface area contributed by atoms with E-state index in [0.717, 1.165) is 50.8 Å². The minimum Gasteiger partial charge on any atom is -0.457 e. The highest BCUT2D eigenvalue weighted by Crippen LogP contribution is 2.42. The lowest BCUT2D eigenvalue weighted by Crippen LogP contribution is -2.11. The molecule has 4 nitrogen and oxygen atoms in total. The van der Waals surface area contributed by atoms with Gasteiger partial charge in [0, 0.05) is 32.8 Å². The fourth-order valence-electron chi connectivity index (χ4n) is 6.16. The lowest BCUT2D eigenvalue weighted by molar-refractivity contribution is 0.411. The molecule has 4 aromatic carbocycles. The highest BCUT2D eigenvalue weighted by atomic mass is 32.1. The first-order valence-corrected chi connectivity index (χ1v) is 16.7. The van der Waals surface area contributed by atoms with E-state index in [1.165, 1.54) is 37.4 Å². The molecule has 46 heavy (non-hydrogen) atoms. The SMILES string of the molecule is Cc1nnc(-c2cccc(Oc3cccc(-c4cc(C(C)(C)C)ccn4)c3)c2)c2sc3cc4cc(CC(C)(C)C)ccc4cc3c12. The van der Waals surface area contributed by atoms with Crippen LogP contribution in [0.5, 0.6) is 11.5 Å². The Hall–Kier alpha value is -4.61. The maximum atomic E-state index is 6.42. The van der Waals surface area contributed by atoms with Crippen LogP contribution in [-0.2, 0) is 11.8 Å². The highest BCUT2D eigenvalue weighted by Gasteiger charge is 2.18. The van der Waals surface area contributed by atoms with Crippen LogP contribution in [0.25, 0.3) is 53.5 Å². The number of benzene rings is 4. The average Bonchev–Trinajstić information content (AvgIpc) is 3.38. The summed E-state index contributed by atoms with van der Waals surface area (Å²) in [6, 6.07) is 32.1. The maximum Gasteiger partial charge on any atom is 0.128 e. The predicted molar refractivity (Wildman–Crippen MR) is 194 cm³/mol. The Morgan fingerprint density at radius 1 is 0.717 bits per heavy atom. The highest BCUT2D eigenvalue weighted by molar-refractivity contribution is 7.26. The summed E-state index contributed by atoms with van der Waals surface area (Å²) < 4.78 is 8.82. The van der Waals surface area contributed by atoms with Crippen LogP contribution in [0.3, 0.4) is 0 Å². The second-order valence-electron chi connectivity index (χ2n) is 14.5. The molecule has 0 fully saturated rings. The number of pyridine rings is 1. The second-order valence-corrected chi connectivity index (χ2v) is 15.6. The first kappa shape index (κ1) is 30.1. The Bertz CT molecular complexity index is 2250. The van der Waals surface area contributed by atoms with Crippen LogP contribution in [0.2, 0.25) is 0 Å². The minimum atomic E-state index is 0.0496. The maximum absolute atomic E-state index is 6.42. The zero-order valence-corrected chi connectivity index (χ0v) is 28.4. The van der Waals surface area contributed by atoms with Crippen LogP contribution in [0.4, 0.5) is 0 Å². The number of aromatic nitrogens is 3. The van der Waals surface area contributed by atoms with E-state index in [1.807, 2.05) is 30.5 Å². The van der Waals surface area contributed by atoms with Crippen LogP contribution < -0.4 is 4.74 Å². The first-order chi connectivity index (χ1) is 21.9. The molecule has 0 atom stereocenters. The summed E-state index contributed by atoms with van der Waals surface area (Å²) >= 11 is 1.79. The summed E-state index contributed by atoms with van der Waals surface area (Å²) in [5.74, 6) is 1.51. The summed E-state index contributed by atoms with van der Waals surface area (Å²) in [7, 11) is 0. The topological polar surface area (TPSA) is 47.9 Å². The van der Waals surface area contributed by atoms with E-state index >= 15 is 0 Å². The molecule has 7 rings (SSSR count). The van der Waals surface area contributed by atoms with Crippen LogP contribution in [0.1, 0.15) is 58.4 Å². The van der Waals surface area contributed by atoms with Gasteiger partial charge < -0.3 is 4.74 Å². The quantitative estimate of drug-likeness (QED) is 0.192. The first-order valence-electron chi connectivity index (χ1n) is 15.9. The van der Waals surface area contributed by atoms with Gasteiger partial charge in [-0.15, -0.1) is 16.4 Å². The number of hydrogen-bond donors (Lipinski definition) is 0. The molecule has 0 radical (unpaired) electrons. The standard InChI is InChI=1S/C41H39N3OS/c1-25-37-34-21-27-15-14-26(24-40(2,3)4)18-30(27)22-36(34)46-39(37)38(44-43-25)29-11-9-13-33(20-29)45-32-12-8-10-28(19-32)35-23-31(16-17-42-35)41(5,6)7/h8-23H,24H2,1-7H3. The van der Waals surface area contributed by atoms with Gasteiger partial charge in [0.1, 0.15) is 17.2 Å². The Morgan fingerprint density at radius 3 is 2.20 bits per heavy atom. The van der Waals surface area contributed by atoms with E-state index in [1.54, 1.807) is 11.3 Å². The van der Waals surface area contributed by atoms with Crippen molar-refractivity contribution in [2.45, 2.75) is 60.3 Å². The number of aryl methyl sites for hydroxylation is 1. The number of hydrogen-bond acceptors (Lipinski definition) is 5. The van der Waals surface area contributed by atoms with Crippen molar-refractivity contribution in [3.63, 3.8) is 0 Å². The molecular formula is C41H39N3OS. The molecule has 0 aliphatic rings. The van der Waals surface area contributed by atoms with E-state index in [2.05, 4.69) is 125 Å². The molecule has 0 aliphatic carbocycles. The molecule has 0 spiro atoms. The second kappa shape index (κ2) is 11.3. The van der Waals surface area contributed by atoms with E-state index in [0.29, 0.717) is 0 Å². The smallest absolute Gasteiger partial charge is 0.128 e. The zero-order valence-electron chi connectivity index (χ0n) is 27.6. The number of nitrogens with zero attached hydrogens (tertiary/aromatic N) is 3. The van der Waals surface area contributed by atoms with Gasteiger partial charge in [-0.05, 0) is 94.6 Å².